The maximum Gasteiger partial charge on any atom is 0.222 e. The Hall–Kier alpha value is -1.92. The first kappa shape index (κ1) is 15.2. The maximum atomic E-state index is 12.2. The van der Waals surface area contributed by atoms with Gasteiger partial charge in [0.05, 0.1) is 0 Å². The van der Waals surface area contributed by atoms with Gasteiger partial charge in [0, 0.05) is 22.9 Å². The van der Waals surface area contributed by atoms with Gasteiger partial charge in [-0.1, -0.05) is 24.2 Å². The molecule has 2 saturated carbocycles. The number of hydrogen-bond acceptors (Lipinski definition) is 6. The highest BCUT2D eigenvalue weighted by Gasteiger charge is 2.63. The number of hydrogen-bond donors (Lipinski definition) is 0. The first-order valence-electron chi connectivity index (χ1n) is 9.93. The molecule has 2 aromatic heterocycles. The molecule has 138 valence electrons. The Kier molecular flexibility index (Phi) is 2.73. The summed E-state index contributed by atoms with van der Waals surface area (Å²) in [4.78, 5) is 0.678. The van der Waals surface area contributed by atoms with Crippen molar-refractivity contribution < 1.29 is 14.2 Å². The second-order valence-electron chi connectivity index (χ2n) is 9.49. The van der Waals surface area contributed by atoms with E-state index in [1.54, 1.807) is 0 Å². The van der Waals surface area contributed by atoms with Crippen LogP contribution in [0.4, 0.5) is 0 Å². The third-order valence-electron chi connectivity index (χ3n) is 8.71. The van der Waals surface area contributed by atoms with E-state index in [9.17, 15) is 5.21 Å². The van der Waals surface area contributed by atoms with Gasteiger partial charge in [-0.3, -0.25) is 4.63 Å². The van der Waals surface area contributed by atoms with Crippen molar-refractivity contribution in [1.82, 2.24) is 15.5 Å². The molecule has 2 fully saturated rings. The Morgan fingerprint density at radius 3 is 2.81 bits per heavy atom. The van der Waals surface area contributed by atoms with Crippen LogP contribution < -0.4 is 4.90 Å². The monoisotopic (exact) mass is 356 g/mol. The minimum Gasteiger partial charge on any atom is -0.359 e. The zero-order chi connectivity index (χ0) is 17.7. The van der Waals surface area contributed by atoms with Crippen molar-refractivity contribution in [2.24, 2.45) is 23.2 Å². The molecule has 0 spiro atoms. The quantitative estimate of drug-likeness (QED) is 0.674. The molecule has 6 atom stereocenters. The molecule has 0 bridgehead atoms. The lowest BCUT2D eigenvalue weighted by atomic mass is 9.45. The Balaban J connectivity index is 1.39. The van der Waals surface area contributed by atoms with Crippen LogP contribution in [-0.4, -0.2) is 15.5 Å². The standard InChI is InChI=1S/C19H24N4O3/c1-18-8-6-14-16(22-25-20-14)12(18)4-3-10-11(18)5-7-19(2)13(10)9-15-17(19)23(24)26-21-15/h10-13H,3-9H2,1-2H3/t10-,11+,12-,13+,18-,19+/m1/s1. The summed E-state index contributed by atoms with van der Waals surface area (Å²) in [6, 6.07) is 0. The number of nitrogens with zero attached hydrogens (tertiary/aromatic N) is 4. The maximum absolute atomic E-state index is 12.2. The lowest BCUT2D eigenvalue weighted by Gasteiger charge is -2.58. The van der Waals surface area contributed by atoms with Crippen LogP contribution in [0.3, 0.4) is 0 Å². The van der Waals surface area contributed by atoms with Crippen molar-refractivity contribution in [3.05, 3.63) is 28.0 Å². The predicted octanol–water partition coefficient (Wildman–Crippen LogP) is 2.68. The summed E-state index contributed by atoms with van der Waals surface area (Å²) in [5.41, 5.74) is 4.06. The van der Waals surface area contributed by atoms with Crippen LogP contribution in [0.1, 0.15) is 74.6 Å². The van der Waals surface area contributed by atoms with E-state index in [0.29, 0.717) is 28.6 Å². The molecule has 2 heterocycles. The minimum atomic E-state index is -0.0866. The predicted molar refractivity (Wildman–Crippen MR) is 88.9 cm³/mol. The molecule has 26 heavy (non-hydrogen) atoms. The Morgan fingerprint density at radius 2 is 1.92 bits per heavy atom. The van der Waals surface area contributed by atoms with Gasteiger partial charge in [-0.25, -0.2) is 4.63 Å². The molecule has 6 rings (SSSR count). The summed E-state index contributed by atoms with van der Waals surface area (Å²) in [5.74, 6) is 2.29. The number of fused-ring (bicyclic) bond motifs is 9. The van der Waals surface area contributed by atoms with Gasteiger partial charge in [0.2, 0.25) is 11.4 Å². The van der Waals surface area contributed by atoms with Crippen molar-refractivity contribution in [3.8, 4) is 0 Å². The molecule has 4 aliphatic rings. The molecule has 2 aromatic rings. The average molecular weight is 356 g/mol. The molecule has 7 heteroatoms. The molecule has 0 aliphatic heterocycles. The second-order valence-corrected chi connectivity index (χ2v) is 9.49. The van der Waals surface area contributed by atoms with E-state index in [4.69, 9.17) is 9.26 Å². The van der Waals surface area contributed by atoms with E-state index >= 15 is 0 Å². The third-order valence-corrected chi connectivity index (χ3v) is 8.71. The van der Waals surface area contributed by atoms with Crippen molar-refractivity contribution >= 4 is 0 Å². The molecule has 0 aromatic carbocycles. The third kappa shape index (κ3) is 1.61. The molecule has 0 unspecified atom stereocenters. The summed E-state index contributed by atoms with van der Waals surface area (Å²) in [7, 11) is 0. The summed E-state index contributed by atoms with van der Waals surface area (Å²) in [5, 5.41) is 24.7. The lowest BCUT2D eigenvalue weighted by Crippen LogP contribution is -2.54. The van der Waals surface area contributed by atoms with E-state index < -0.39 is 0 Å². The Labute approximate surface area is 151 Å². The lowest BCUT2D eigenvalue weighted by molar-refractivity contribution is -0.810. The van der Waals surface area contributed by atoms with Crippen molar-refractivity contribution in [2.45, 2.75) is 70.1 Å². The molecular weight excluding hydrogens is 332 g/mol. The summed E-state index contributed by atoms with van der Waals surface area (Å²) < 4.78 is 9.98. The van der Waals surface area contributed by atoms with Crippen molar-refractivity contribution in [1.29, 1.82) is 0 Å². The van der Waals surface area contributed by atoms with Crippen LogP contribution in [0.5, 0.6) is 0 Å². The van der Waals surface area contributed by atoms with Crippen LogP contribution >= 0.6 is 0 Å². The number of aromatic nitrogens is 4. The highest BCUT2D eigenvalue weighted by molar-refractivity contribution is 5.31. The van der Waals surface area contributed by atoms with Gasteiger partial charge in [-0.15, -0.1) is 0 Å². The highest BCUT2D eigenvalue weighted by Crippen LogP contribution is 2.66. The zero-order valence-corrected chi connectivity index (χ0v) is 15.3. The normalized spacial score (nSPS) is 43.2. The van der Waals surface area contributed by atoms with E-state index in [-0.39, 0.29) is 10.8 Å². The second kappa shape index (κ2) is 4.67. The number of aryl methyl sites for hydroxylation is 1. The first-order chi connectivity index (χ1) is 12.5. The van der Waals surface area contributed by atoms with Crippen LogP contribution in [0.2, 0.25) is 0 Å². The molecule has 0 amide bonds. The highest BCUT2D eigenvalue weighted by atomic mass is 16.8. The molecule has 0 saturated heterocycles. The van der Waals surface area contributed by atoms with Crippen molar-refractivity contribution in [3.63, 3.8) is 0 Å². The SMILES string of the molecule is C[C@]12CCc3nonc3[C@H]1CC[C@@H]1[C@@H]2CC[C@]2(C)c3c(no[n+]3[O-])C[C@@H]12. The van der Waals surface area contributed by atoms with Gasteiger partial charge in [0.15, 0.2) is 0 Å². The van der Waals surface area contributed by atoms with Crippen LogP contribution in [-0.2, 0) is 18.3 Å². The molecular formula is C19H24N4O3. The van der Waals surface area contributed by atoms with Gasteiger partial charge in [-0.05, 0) is 66.6 Å². The van der Waals surface area contributed by atoms with Gasteiger partial charge < -0.3 is 5.21 Å². The molecule has 7 nitrogen and oxygen atoms in total. The van der Waals surface area contributed by atoms with Crippen LogP contribution in [0, 0.1) is 28.4 Å². The summed E-state index contributed by atoms with van der Waals surface area (Å²) in [6.07, 6.45) is 7.57. The van der Waals surface area contributed by atoms with Gasteiger partial charge >= 0.3 is 0 Å². The Bertz CT molecular complexity index is 891. The molecule has 0 N–H and O–H groups in total. The van der Waals surface area contributed by atoms with Gasteiger partial charge in [0.1, 0.15) is 11.4 Å². The van der Waals surface area contributed by atoms with E-state index in [2.05, 4.69) is 29.3 Å². The fourth-order valence-corrected chi connectivity index (χ4v) is 7.45. The summed E-state index contributed by atoms with van der Waals surface area (Å²) in [6.45, 7) is 4.73. The topological polar surface area (TPSA) is 91.9 Å². The van der Waals surface area contributed by atoms with E-state index in [0.717, 1.165) is 61.3 Å². The van der Waals surface area contributed by atoms with E-state index in [1.807, 2.05) is 0 Å². The molecule has 4 aliphatic carbocycles. The van der Waals surface area contributed by atoms with Gasteiger partial charge in [0.25, 0.3) is 0 Å². The molecule has 0 radical (unpaired) electrons. The van der Waals surface area contributed by atoms with Gasteiger partial charge in [-0.2, -0.15) is 0 Å². The first-order valence-corrected chi connectivity index (χ1v) is 9.93. The largest absolute Gasteiger partial charge is 0.359 e. The fourth-order valence-electron chi connectivity index (χ4n) is 7.45. The van der Waals surface area contributed by atoms with E-state index in [1.165, 1.54) is 6.42 Å². The smallest absolute Gasteiger partial charge is 0.222 e. The number of rotatable bonds is 0. The van der Waals surface area contributed by atoms with Crippen LogP contribution in [0.15, 0.2) is 9.26 Å². The van der Waals surface area contributed by atoms with Crippen LogP contribution in [0.25, 0.3) is 0 Å². The Morgan fingerprint density at radius 1 is 1.04 bits per heavy atom. The summed E-state index contributed by atoms with van der Waals surface area (Å²) >= 11 is 0. The van der Waals surface area contributed by atoms with Crippen molar-refractivity contribution in [2.75, 3.05) is 0 Å². The fraction of sp³-hybridized carbons (Fsp3) is 0.789. The minimum absolute atomic E-state index is 0.0866. The average Bonchev–Trinajstić information content (AvgIpc) is 3.30. The zero-order valence-electron chi connectivity index (χ0n) is 15.3.